The van der Waals surface area contributed by atoms with E-state index in [4.69, 9.17) is 5.11 Å². The van der Waals surface area contributed by atoms with Crippen molar-refractivity contribution in [3.05, 3.63) is 0 Å². The van der Waals surface area contributed by atoms with E-state index in [0.717, 1.165) is 25.7 Å². The Bertz CT molecular complexity index is 405. The first-order chi connectivity index (χ1) is 9.40. The number of carboxylic acids is 1. The third-order valence-corrected chi connectivity index (χ3v) is 5.30. The van der Waals surface area contributed by atoms with E-state index < -0.39 is 22.1 Å². The van der Waals surface area contributed by atoms with Crippen LogP contribution in [0, 0.1) is 5.92 Å². The standard InChI is InChI=1S/C13H26N2O4S/c1-3-8-15(9-4-2)20(18,19)14-12-7-5-6-11(10-12)13(16)17/h11-12,14H,3-10H2,1-2H3,(H,16,17). The van der Waals surface area contributed by atoms with Crippen LogP contribution in [0.5, 0.6) is 0 Å². The van der Waals surface area contributed by atoms with Crippen LogP contribution in [0.2, 0.25) is 0 Å². The van der Waals surface area contributed by atoms with Crippen molar-refractivity contribution in [2.45, 2.75) is 58.4 Å². The van der Waals surface area contributed by atoms with Gasteiger partial charge in [0.2, 0.25) is 0 Å². The molecule has 2 unspecified atom stereocenters. The highest BCUT2D eigenvalue weighted by Gasteiger charge is 2.31. The fourth-order valence-electron chi connectivity index (χ4n) is 2.66. The average molecular weight is 306 g/mol. The molecule has 2 atom stereocenters. The number of carbonyl (C=O) groups is 1. The van der Waals surface area contributed by atoms with Gasteiger partial charge in [0.1, 0.15) is 0 Å². The maximum absolute atomic E-state index is 12.3. The lowest BCUT2D eigenvalue weighted by molar-refractivity contribution is -0.143. The maximum atomic E-state index is 12.3. The van der Waals surface area contributed by atoms with Crippen molar-refractivity contribution in [1.82, 2.24) is 9.03 Å². The van der Waals surface area contributed by atoms with Crippen molar-refractivity contribution in [2.75, 3.05) is 13.1 Å². The lowest BCUT2D eigenvalue weighted by atomic mass is 9.86. The Morgan fingerprint density at radius 3 is 2.35 bits per heavy atom. The minimum Gasteiger partial charge on any atom is -0.481 e. The zero-order chi connectivity index (χ0) is 15.2. The quantitative estimate of drug-likeness (QED) is 0.713. The molecule has 0 aromatic heterocycles. The summed E-state index contributed by atoms with van der Waals surface area (Å²) in [4.78, 5) is 11.0. The summed E-state index contributed by atoms with van der Waals surface area (Å²) in [7, 11) is -3.51. The van der Waals surface area contributed by atoms with Crippen LogP contribution in [-0.4, -0.2) is 42.9 Å². The van der Waals surface area contributed by atoms with Gasteiger partial charge in [0.05, 0.1) is 5.92 Å². The molecule has 1 rings (SSSR count). The fourth-order valence-corrected chi connectivity index (χ4v) is 4.29. The molecule has 2 N–H and O–H groups in total. The van der Waals surface area contributed by atoms with Crippen LogP contribution in [0.4, 0.5) is 0 Å². The molecule has 1 fully saturated rings. The van der Waals surface area contributed by atoms with Gasteiger partial charge >= 0.3 is 5.97 Å². The number of aliphatic carboxylic acids is 1. The smallest absolute Gasteiger partial charge is 0.306 e. The number of hydrogen-bond donors (Lipinski definition) is 2. The molecular formula is C13H26N2O4S. The highest BCUT2D eigenvalue weighted by atomic mass is 32.2. The summed E-state index contributed by atoms with van der Waals surface area (Å²) < 4.78 is 28.8. The van der Waals surface area contributed by atoms with Crippen molar-refractivity contribution < 1.29 is 18.3 Å². The Hall–Kier alpha value is -0.660. The van der Waals surface area contributed by atoms with Gasteiger partial charge in [-0.25, -0.2) is 0 Å². The second-order valence-electron chi connectivity index (χ2n) is 5.42. The van der Waals surface area contributed by atoms with E-state index in [9.17, 15) is 13.2 Å². The van der Waals surface area contributed by atoms with Crippen molar-refractivity contribution in [2.24, 2.45) is 5.92 Å². The molecule has 0 aromatic carbocycles. The fraction of sp³-hybridized carbons (Fsp3) is 0.923. The first-order valence-electron chi connectivity index (χ1n) is 7.40. The molecule has 1 aliphatic rings. The Morgan fingerprint density at radius 2 is 1.85 bits per heavy atom. The molecule has 0 saturated heterocycles. The van der Waals surface area contributed by atoms with E-state index in [1.54, 1.807) is 0 Å². The molecule has 0 spiro atoms. The summed E-state index contributed by atoms with van der Waals surface area (Å²) in [5.41, 5.74) is 0. The SMILES string of the molecule is CCCN(CCC)S(=O)(=O)NC1CCCC(C(=O)O)C1. The lowest BCUT2D eigenvalue weighted by Crippen LogP contribution is -2.47. The van der Waals surface area contributed by atoms with Crippen molar-refractivity contribution in [3.8, 4) is 0 Å². The van der Waals surface area contributed by atoms with E-state index >= 15 is 0 Å². The Balaban J connectivity index is 2.66. The molecule has 6 nitrogen and oxygen atoms in total. The van der Waals surface area contributed by atoms with Gasteiger partial charge in [-0.3, -0.25) is 4.79 Å². The predicted molar refractivity (Wildman–Crippen MR) is 77.6 cm³/mol. The van der Waals surface area contributed by atoms with Crippen LogP contribution in [0.1, 0.15) is 52.4 Å². The summed E-state index contributed by atoms with van der Waals surface area (Å²) in [5.74, 6) is -1.25. The molecule has 0 bridgehead atoms. The number of nitrogens with one attached hydrogen (secondary N) is 1. The summed E-state index contributed by atoms with van der Waals surface area (Å²) >= 11 is 0. The monoisotopic (exact) mass is 306 g/mol. The zero-order valence-electron chi connectivity index (χ0n) is 12.3. The number of hydrogen-bond acceptors (Lipinski definition) is 3. The molecular weight excluding hydrogens is 280 g/mol. The summed E-state index contributed by atoms with van der Waals surface area (Å²) in [6.45, 7) is 4.88. The molecule has 20 heavy (non-hydrogen) atoms. The predicted octanol–water partition coefficient (Wildman–Crippen LogP) is 1.59. The van der Waals surface area contributed by atoms with Gasteiger partial charge < -0.3 is 5.11 Å². The summed E-state index contributed by atoms with van der Waals surface area (Å²) in [5, 5.41) is 9.04. The average Bonchev–Trinajstić information content (AvgIpc) is 2.38. The second-order valence-corrected chi connectivity index (χ2v) is 7.12. The van der Waals surface area contributed by atoms with Gasteiger partial charge in [0.25, 0.3) is 10.2 Å². The molecule has 0 radical (unpaired) electrons. The van der Waals surface area contributed by atoms with E-state index in [1.165, 1.54) is 4.31 Å². The van der Waals surface area contributed by atoms with E-state index in [1.807, 2.05) is 13.8 Å². The van der Waals surface area contributed by atoms with Gasteiger partial charge in [0.15, 0.2) is 0 Å². The van der Waals surface area contributed by atoms with Crippen LogP contribution in [-0.2, 0) is 15.0 Å². The van der Waals surface area contributed by atoms with Gasteiger partial charge in [-0.15, -0.1) is 0 Å². The third-order valence-electron chi connectivity index (χ3n) is 3.62. The second kappa shape index (κ2) is 7.95. The largest absolute Gasteiger partial charge is 0.481 e. The zero-order valence-corrected chi connectivity index (χ0v) is 13.2. The van der Waals surface area contributed by atoms with Crippen LogP contribution in [0.15, 0.2) is 0 Å². The topological polar surface area (TPSA) is 86.7 Å². The highest BCUT2D eigenvalue weighted by Crippen LogP contribution is 2.25. The highest BCUT2D eigenvalue weighted by molar-refractivity contribution is 7.87. The van der Waals surface area contributed by atoms with Crippen LogP contribution < -0.4 is 4.72 Å². The minimum absolute atomic E-state index is 0.258. The van der Waals surface area contributed by atoms with Gasteiger partial charge in [-0.05, 0) is 32.1 Å². The minimum atomic E-state index is -3.51. The van der Waals surface area contributed by atoms with Crippen LogP contribution >= 0.6 is 0 Å². The normalized spacial score (nSPS) is 23.9. The molecule has 0 aromatic rings. The van der Waals surface area contributed by atoms with Crippen molar-refractivity contribution in [3.63, 3.8) is 0 Å². The van der Waals surface area contributed by atoms with Crippen LogP contribution in [0.25, 0.3) is 0 Å². The van der Waals surface area contributed by atoms with Gasteiger partial charge in [0, 0.05) is 19.1 Å². The van der Waals surface area contributed by atoms with E-state index in [0.29, 0.717) is 25.9 Å². The molecule has 118 valence electrons. The first-order valence-corrected chi connectivity index (χ1v) is 8.84. The molecule has 7 heteroatoms. The Labute approximate surface area is 121 Å². The van der Waals surface area contributed by atoms with Gasteiger partial charge in [-0.2, -0.15) is 17.4 Å². The van der Waals surface area contributed by atoms with Crippen LogP contribution in [0.3, 0.4) is 0 Å². The maximum Gasteiger partial charge on any atom is 0.306 e. The Morgan fingerprint density at radius 1 is 1.25 bits per heavy atom. The molecule has 0 amide bonds. The molecule has 0 heterocycles. The van der Waals surface area contributed by atoms with Gasteiger partial charge in [-0.1, -0.05) is 20.3 Å². The number of carboxylic acid groups (broad SMARTS) is 1. The first kappa shape index (κ1) is 17.4. The summed E-state index contributed by atoms with van der Waals surface area (Å²) in [6.07, 6.45) is 4.04. The molecule has 0 aliphatic heterocycles. The van der Waals surface area contributed by atoms with E-state index in [-0.39, 0.29) is 6.04 Å². The number of nitrogens with zero attached hydrogens (tertiary/aromatic N) is 1. The van der Waals surface area contributed by atoms with Crippen molar-refractivity contribution in [1.29, 1.82) is 0 Å². The number of rotatable bonds is 8. The molecule has 1 saturated carbocycles. The summed E-state index contributed by atoms with van der Waals surface area (Å²) in [6, 6.07) is -0.258. The Kier molecular flexibility index (Phi) is 6.91. The third kappa shape index (κ3) is 5.03. The van der Waals surface area contributed by atoms with E-state index in [2.05, 4.69) is 4.72 Å². The molecule has 1 aliphatic carbocycles. The van der Waals surface area contributed by atoms with Crippen molar-refractivity contribution >= 4 is 16.2 Å². The lowest BCUT2D eigenvalue weighted by Gasteiger charge is -2.30.